The highest BCUT2D eigenvalue weighted by atomic mass is 127. The van der Waals surface area contributed by atoms with E-state index < -0.39 is 0 Å². The maximum atomic E-state index is 5.61. The maximum Gasteiger partial charge on any atom is 0.109 e. The van der Waals surface area contributed by atoms with Crippen molar-refractivity contribution in [3.63, 3.8) is 0 Å². The molecule has 54 valence electrons. The zero-order valence-corrected chi connectivity index (χ0v) is 8.09. The van der Waals surface area contributed by atoms with E-state index in [1.807, 2.05) is 0 Å². The summed E-state index contributed by atoms with van der Waals surface area (Å²) in [4.78, 5) is 0. The molecule has 0 aromatic heterocycles. The van der Waals surface area contributed by atoms with Gasteiger partial charge < -0.3 is 4.74 Å². The van der Waals surface area contributed by atoms with E-state index in [0.29, 0.717) is 10.2 Å². The molecule has 1 aliphatic heterocycles. The van der Waals surface area contributed by atoms with E-state index >= 15 is 0 Å². The van der Waals surface area contributed by atoms with Crippen LogP contribution in [-0.2, 0) is 4.74 Å². The van der Waals surface area contributed by atoms with Gasteiger partial charge in [-0.3, -0.25) is 0 Å². The average molecular weight is 240 g/mol. The molecular weight excluding hydrogens is 227 g/mol. The van der Waals surface area contributed by atoms with E-state index in [-0.39, 0.29) is 0 Å². The molecule has 1 aliphatic rings. The van der Waals surface area contributed by atoms with Gasteiger partial charge in [-0.25, -0.2) is 0 Å². The lowest BCUT2D eigenvalue weighted by molar-refractivity contribution is 0.0825. The van der Waals surface area contributed by atoms with Crippen molar-refractivity contribution in [2.45, 2.75) is 36.9 Å². The lowest BCUT2D eigenvalue weighted by Crippen LogP contribution is -2.10. The van der Waals surface area contributed by atoms with Crippen molar-refractivity contribution in [2.24, 2.45) is 5.92 Å². The first-order valence-electron chi connectivity index (χ1n) is 3.53. The predicted octanol–water partition coefficient (Wildman–Crippen LogP) is 2.58. The number of rotatable bonds is 1. The van der Waals surface area contributed by atoms with Crippen LogP contribution in [0.5, 0.6) is 0 Å². The molecule has 0 saturated carbocycles. The molecule has 0 bridgehead atoms. The molecule has 3 atom stereocenters. The fourth-order valence-corrected chi connectivity index (χ4v) is 2.50. The van der Waals surface area contributed by atoms with Gasteiger partial charge in [-0.05, 0) is 18.8 Å². The quantitative estimate of drug-likeness (QED) is 0.505. The van der Waals surface area contributed by atoms with Crippen LogP contribution in [-0.4, -0.2) is 10.2 Å². The Hall–Kier alpha value is 0.690. The summed E-state index contributed by atoms with van der Waals surface area (Å²) in [5.74, 6) is 0.775. The van der Waals surface area contributed by atoms with E-state index in [2.05, 4.69) is 36.4 Å². The molecular formula is C7H13IO. The first-order chi connectivity index (χ1) is 4.24. The summed E-state index contributed by atoms with van der Waals surface area (Å²) in [6, 6.07) is 0. The lowest BCUT2D eigenvalue weighted by Gasteiger charge is -2.10. The second-order valence-corrected chi connectivity index (χ2v) is 4.10. The molecule has 0 radical (unpaired) electrons. The Morgan fingerprint density at radius 3 is 2.56 bits per heavy atom. The minimum absolute atomic E-state index is 0.475. The summed E-state index contributed by atoms with van der Waals surface area (Å²) in [7, 11) is 0. The van der Waals surface area contributed by atoms with Gasteiger partial charge in [0.1, 0.15) is 4.11 Å². The molecule has 1 rings (SSSR count). The van der Waals surface area contributed by atoms with Crippen LogP contribution in [0.25, 0.3) is 0 Å². The van der Waals surface area contributed by atoms with Crippen molar-refractivity contribution in [3.05, 3.63) is 0 Å². The molecule has 0 amide bonds. The van der Waals surface area contributed by atoms with Gasteiger partial charge >= 0.3 is 0 Å². The monoisotopic (exact) mass is 240 g/mol. The van der Waals surface area contributed by atoms with Gasteiger partial charge in [0.25, 0.3) is 0 Å². The van der Waals surface area contributed by atoms with Crippen LogP contribution in [0, 0.1) is 5.92 Å². The normalized spacial score (nSPS) is 43.7. The van der Waals surface area contributed by atoms with Crippen LogP contribution in [0.15, 0.2) is 0 Å². The third-order valence-electron chi connectivity index (χ3n) is 1.92. The number of hydrogen-bond acceptors (Lipinski definition) is 1. The van der Waals surface area contributed by atoms with Crippen LogP contribution in [0.1, 0.15) is 26.7 Å². The molecule has 2 heteroatoms. The lowest BCUT2D eigenvalue weighted by atomic mass is 10.0. The molecule has 0 spiro atoms. The van der Waals surface area contributed by atoms with Crippen molar-refractivity contribution in [1.29, 1.82) is 0 Å². The molecule has 0 aliphatic carbocycles. The molecule has 1 heterocycles. The first kappa shape index (κ1) is 7.79. The Balaban J connectivity index is 2.38. The number of ether oxygens (including phenoxy) is 1. The highest BCUT2D eigenvalue weighted by Gasteiger charge is 2.28. The zero-order valence-electron chi connectivity index (χ0n) is 5.93. The van der Waals surface area contributed by atoms with E-state index in [9.17, 15) is 0 Å². The Morgan fingerprint density at radius 1 is 1.67 bits per heavy atom. The summed E-state index contributed by atoms with van der Waals surface area (Å²) in [5, 5.41) is 0. The smallest absolute Gasteiger partial charge is 0.109 e. The van der Waals surface area contributed by atoms with Crippen molar-refractivity contribution in [3.8, 4) is 0 Å². The van der Waals surface area contributed by atoms with Crippen molar-refractivity contribution in [1.82, 2.24) is 0 Å². The summed E-state index contributed by atoms with van der Waals surface area (Å²) in [6.45, 7) is 4.46. The van der Waals surface area contributed by atoms with Gasteiger partial charge in [0.2, 0.25) is 0 Å². The van der Waals surface area contributed by atoms with Crippen molar-refractivity contribution < 1.29 is 4.74 Å². The molecule has 1 nitrogen and oxygen atoms in total. The Labute approximate surface area is 70.3 Å². The van der Waals surface area contributed by atoms with Crippen LogP contribution in [0.2, 0.25) is 0 Å². The van der Waals surface area contributed by atoms with E-state index in [1.165, 1.54) is 12.8 Å². The van der Waals surface area contributed by atoms with Gasteiger partial charge in [-0.1, -0.05) is 36.4 Å². The van der Waals surface area contributed by atoms with Crippen LogP contribution in [0.4, 0.5) is 0 Å². The summed E-state index contributed by atoms with van der Waals surface area (Å²) < 4.78 is 6.08. The van der Waals surface area contributed by atoms with Gasteiger partial charge in [0.15, 0.2) is 0 Å². The van der Waals surface area contributed by atoms with Crippen LogP contribution in [0.3, 0.4) is 0 Å². The standard InChI is InChI=1S/C7H13IO/c1-3-6-5(2)4-7(8)9-6/h5-7H,3-4H2,1-2H3. The Kier molecular flexibility index (Phi) is 2.76. The molecule has 1 fully saturated rings. The molecule has 0 aromatic rings. The summed E-state index contributed by atoms with van der Waals surface area (Å²) >= 11 is 2.36. The molecule has 3 unspecified atom stereocenters. The highest BCUT2D eigenvalue weighted by Crippen LogP contribution is 2.31. The highest BCUT2D eigenvalue weighted by molar-refractivity contribution is 14.1. The Bertz CT molecular complexity index is 94.9. The molecule has 1 saturated heterocycles. The third kappa shape index (κ3) is 1.80. The fourth-order valence-electron chi connectivity index (χ4n) is 1.32. The second-order valence-electron chi connectivity index (χ2n) is 2.71. The number of alkyl halides is 1. The summed E-state index contributed by atoms with van der Waals surface area (Å²) in [6.07, 6.45) is 2.94. The molecule has 9 heavy (non-hydrogen) atoms. The predicted molar refractivity (Wildman–Crippen MR) is 46.8 cm³/mol. The second kappa shape index (κ2) is 3.19. The first-order valence-corrected chi connectivity index (χ1v) is 4.78. The van der Waals surface area contributed by atoms with Gasteiger partial charge in [0.05, 0.1) is 6.10 Å². The number of hydrogen-bond donors (Lipinski definition) is 0. The minimum Gasteiger partial charge on any atom is -0.364 e. The van der Waals surface area contributed by atoms with E-state index in [1.54, 1.807) is 0 Å². The SMILES string of the molecule is CCC1OC(I)CC1C. The maximum absolute atomic E-state index is 5.61. The largest absolute Gasteiger partial charge is 0.364 e. The molecule has 0 N–H and O–H groups in total. The van der Waals surface area contributed by atoms with Crippen LogP contribution >= 0.6 is 22.6 Å². The van der Waals surface area contributed by atoms with Crippen molar-refractivity contribution in [2.75, 3.05) is 0 Å². The van der Waals surface area contributed by atoms with E-state index in [4.69, 9.17) is 4.74 Å². The summed E-state index contributed by atoms with van der Waals surface area (Å²) in [5.41, 5.74) is 0. The topological polar surface area (TPSA) is 9.23 Å². The fraction of sp³-hybridized carbons (Fsp3) is 1.00. The van der Waals surface area contributed by atoms with Gasteiger partial charge in [-0.15, -0.1) is 0 Å². The van der Waals surface area contributed by atoms with Gasteiger partial charge in [0, 0.05) is 0 Å². The Morgan fingerprint density at radius 2 is 2.33 bits per heavy atom. The third-order valence-corrected chi connectivity index (χ3v) is 2.72. The van der Waals surface area contributed by atoms with E-state index in [0.717, 1.165) is 5.92 Å². The van der Waals surface area contributed by atoms with Gasteiger partial charge in [-0.2, -0.15) is 0 Å². The zero-order chi connectivity index (χ0) is 6.85. The number of halogens is 1. The average Bonchev–Trinajstić information content (AvgIpc) is 2.10. The van der Waals surface area contributed by atoms with Crippen molar-refractivity contribution >= 4 is 22.6 Å². The molecule has 0 aromatic carbocycles. The minimum atomic E-state index is 0.475. The van der Waals surface area contributed by atoms with Crippen LogP contribution < -0.4 is 0 Å².